The molecule has 4 rings (SSSR count). The van der Waals surface area contributed by atoms with E-state index in [4.69, 9.17) is 4.74 Å². The highest BCUT2D eigenvalue weighted by Gasteiger charge is 2.33. The van der Waals surface area contributed by atoms with Gasteiger partial charge in [-0.2, -0.15) is 4.57 Å². The molecular weight excluding hydrogens is 376 g/mol. The third kappa shape index (κ3) is 3.11. The number of halogens is 1. The average Bonchev–Trinajstić information content (AvgIpc) is 3.19. The molecule has 0 radical (unpaired) electrons. The number of hydrogen-bond acceptors (Lipinski definition) is 1. The van der Waals surface area contributed by atoms with Gasteiger partial charge in [-0.3, -0.25) is 0 Å². The highest BCUT2D eigenvalue weighted by molar-refractivity contribution is 8.93. The monoisotopic (exact) mass is 399 g/mol. The maximum atomic E-state index is 5.59. The average molecular weight is 400 g/mol. The van der Waals surface area contributed by atoms with Gasteiger partial charge in [0.25, 0.3) is 5.82 Å². The highest BCUT2D eigenvalue weighted by Crippen LogP contribution is 2.31. The molecule has 0 bridgehead atoms. The molecule has 1 aromatic heterocycles. The fourth-order valence-corrected chi connectivity index (χ4v) is 3.74. The predicted octanol–water partition coefficient (Wildman–Crippen LogP) is 4.66. The minimum absolute atomic E-state index is 0. The van der Waals surface area contributed by atoms with Crippen molar-refractivity contribution >= 4 is 17.0 Å². The number of para-hydroxylation sites is 1. The van der Waals surface area contributed by atoms with Crippen LogP contribution in [0.4, 0.5) is 0 Å². The number of nitrogens with zero attached hydrogens (tertiary/aromatic N) is 2. The molecule has 0 saturated heterocycles. The molecule has 3 aromatic rings. The summed E-state index contributed by atoms with van der Waals surface area (Å²) in [5, 5.41) is 0. The Morgan fingerprint density at radius 2 is 1.76 bits per heavy atom. The summed E-state index contributed by atoms with van der Waals surface area (Å²) >= 11 is 0. The number of fused-ring (bicyclic) bond motifs is 1. The van der Waals surface area contributed by atoms with E-state index in [1.165, 1.54) is 34.9 Å². The largest absolute Gasteiger partial charge is 0.494 e. The molecule has 1 aliphatic rings. The second-order valence-corrected chi connectivity index (χ2v) is 6.23. The highest BCUT2D eigenvalue weighted by atomic mass is 79.9. The lowest BCUT2D eigenvalue weighted by atomic mass is 10.1. The van der Waals surface area contributed by atoms with Crippen molar-refractivity contribution in [3.05, 3.63) is 66.1 Å². The molecule has 0 atom stereocenters. The molecule has 2 aromatic carbocycles. The van der Waals surface area contributed by atoms with E-state index >= 15 is 0 Å². The number of ether oxygens (including phenoxy) is 1. The second kappa shape index (κ2) is 7.44. The summed E-state index contributed by atoms with van der Waals surface area (Å²) in [4.78, 5) is 0. The van der Waals surface area contributed by atoms with Gasteiger partial charge in [0.2, 0.25) is 0 Å². The van der Waals surface area contributed by atoms with Crippen LogP contribution >= 0.6 is 17.0 Å². The Hall–Kier alpha value is -2.07. The Morgan fingerprint density at radius 3 is 2.44 bits per heavy atom. The van der Waals surface area contributed by atoms with Crippen molar-refractivity contribution in [1.82, 2.24) is 4.57 Å². The van der Waals surface area contributed by atoms with Gasteiger partial charge in [0.05, 0.1) is 19.6 Å². The normalized spacial score (nSPS) is 12.6. The number of hydrogen-bond donors (Lipinski definition) is 0. The Labute approximate surface area is 159 Å². The van der Waals surface area contributed by atoms with Crippen LogP contribution in [0.5, 0.6) is 5.75 Å². The van der Waals surface area contributed by atoms with Gasteiger partial charge in [0.1, 0.15) is 17.1 Å². The number of aromatic nitrogens is 2. The topological polar surface area (TPSA) is 18.0 Å². The maximum absolute atomic E-state index is 5.59. The molecule has 0 amide bonds. The van der Waals surface area contributed by atoms with Crippen LogP contribution in [0.15, 0.2) is 54.6 Å². The summed E-state index contributed by atoms with van der Waals surface area (Å²) < 4.78 is 10.5. The Balaban J connectivity index is 0.00000182. The van der Waals surface area contributed by atoms with E-state index in [1.807, 2.05) is 6.92 Å². The molecule has 0 saturated carbocycles. The summed E-state index contributed by atoms with van der Waals surface area (Å²) in [6.45, 7) is 6.06. The van der Waals surface area contributed by atoms with Crippen molar-refractivity contribution < 1.29 is 9.30 Å². The second-order valence-electron chi connectivity index (χ2n) is 6.23. The molecule has 0 aliphatic carbocycles. The summed E-state index contributed by atoms with van der Waals surface area (Å²) in [6, 6.07) is 19.1. The first-order valence-electron chi connectivity index (χ1n) is 8.72. The van der Waals surface area contributed by atoms with Crippen molar-refractivity contribution in [2.24, 2.45) is 0 Å². The summed E-state index contributed by atoms with van der Waals surface area (Å²) in [6.07, 6.45) is 2.36. The van der Waals surface area contributed by atoms with Gasteiger partial charge in [-0.1, -0.05) is 18.2 Å². The lowest BCUT2D eigenvalue weighted by Crippen LogP contribution is -2.34. The molecule has 3 nitrogen and oxygen atoms in total. The molecular formula is C21H24BrN2O+. The van der Waals surface area contributed by atoms with Crippen molar-refractivity contribution in [3.63, 3.8) is 0 Å². The van der Waals surface area contributed by atoms with Crippen LogP contribution in [0.1, 0.15) is 24.9 Å². The fourth-order valence-electron chi connectivity index (χ4n) is 3.74. The molecule has 2 heterocycles. The van der Waals surface area contributed by atoms with Crippen molar-refractivity contribution in [2.75, 3.05) is 6.61 Å². The first-order valence-corrected chi connectivity index (χ1v) is 8.72. The predicted molar refractivity (Wildman–Crippen MR) is 106 cm³/mol. The molecule has 0 N–H and O–H groups in total. The first-order chi connectivity index (χ1) is 11.8. The molecule has 25 heavy (non-hydrogen) atoms. The van der Waals surface area contributed by atoms with E-state index in [-0.39, 0.29) is 17.0 Å². The van der Waals surface area contributed by atoms with Crippen LogP contribution < -0.4 is 9.30 Å². The van der Waals surface area contributed by atoms with Crippen LogP contribution in [-0.4, -0.2) is 11.2 Å². The molecule has 1 aliphatic heterocycles. The SMILES string of the molecule is Br.CCOc1ccc(-c2c(C)[n+]3c(n2-c2ccccc2)CCC3)cc1. The van der Waals surface area contributed by atoms with E-state index in [0.29, 0.717) is 6.61 Å². The van der Waals surface area contributed by atoms with Crippen molar-refractivity contribution in [3.8, 4) is 22.7 Å². The van der Waals surface area contributed by atoms with Gasteiger partial charge in [0.15, 0.2) is 5.69 Å². The number of imidazole rings is 1. The van der Waals surface area contributed by atoms with Crippen LogP contribution in [0.25, 0.3) is 16.9 Å². The van der Waals surface area contributed by atoms with Crippen LogP contribution in [0.2, 0.25) is 0 Å². The van der Waals surface area contributed by atoms with Crippen molar-refractivity contribution in [2.45, 2.75) is 33.2 Å². The van der Waals surface area contributed by atoms with Gasteiger partial charge in [-0.05, 0) is 49.7 Å². The van der Waals surface area contributed by atoms with E-state index in [1.54, 1.807) is 0 Å². The van der Waals surface area contributed by atoms with Gasteiger partial charge in [0, 0.05) is 12.5 Å². The van der Waals surface area contributed by atoms with E-state index in [9.17, 15) is 0 Å². The minimum Gasteiger partial charge on any atom is -0.494 e. The first kappa shape index (κ1) is 17.7. The van der Waals surface area contributed by atoms with Gasteiger partial charge >= 0.3 is 0 Å². The zero-order chi connectivity index (χ0) is 16.5. The summed E-state index contributed by atoms with van der Waals surface area (Å²) in [7, 11) is 0. The molecule has 0 spiro atoms. The lowest BCUT2D eigenvalue weighted by Gasteiger charge is -2.07. The third-order valence-electron chi connectivity index (χ3n) is 4.78. The fraction of sp³-hybridized carbons (Fsp3) is 0.286. The standard InChI is InChI=1S/C21H23N2O.BrH/c1-3-24-19-13-11-17(12-14-19)21-16(2)22-15-7-10-20(22)23(21)18-8-5-4-6-9-18;/h4-6,8-9,11-14H,3,7,10,15H2,1-2H3;1H/q+1;. The Bertz CT molecular complexity index is 854. The Morgan fingerprint density at radius 1 is 1.04 bits per heavy atom. The van der Waals surface area contributed by atoms with Gasteiger partial charge in [-0.25, -0.2) is 4.57 Å². The van der Waals surface area contributed by atoms with E-state index in [0.717, 1.165) is 18.7 Å². The molecule has 0 unspecified atom stereocenters. The zero-order valence-electron chi connectivity index (χ0n) is 14.7. The third-order valence-corrected chi connectivity index (χ3v) is 4.78. The summed E-state index contributed by atoms with van der Waals surface area (Å²) in [5.74, 6) is 2.33. The summed E-state index contributed by atoms with van der Waals surface area (Å²) in [5.41, 5.74) is 5.11. The quantitative estimate of drug-likeness (QED) is 0.583. The zero-order valence-corrected chi connectivity index (χ0v) is 16.4. The van der Waals surface area contributed by atoms with Crippen LogP contribution in [-0.2, 0) is 13.0 Å². The lowest BCUT2D eigenvalue weighted by molar-refractivity contribution is -0.695. The smallest absolute Gasteiger partial charge is 0.262 e. The number of benzene rings is 2. The van der Waals surface area contributed by atoms with Gasteiger partial charge in [-0.15, -0.1) is 17.0 Å². The van der Waals surface area contributed by atoms with E-state index in [2.05, 4.69) is 70.7 Å². The molecule has 4 heteroatoms. The Kier molecular flexibility index (Phi) is 5.28. The maximum Gasteiger partial charge on any atom is 0.262 e. The molecule has 130 valence electrons. The number of rotatable bonds is 4. The van der Waals surface area contributed by atoms with Gasteiger partial charge < -0.3 is 4.74 Å². The van der Waals surface area contributed by atoms with Crippen LogP contribution in [0, 0.1) is 6.92 Å². The van der Waals surface area contributed by atoms with Crippen molar-refractivity contribution in [1.29, 1.82) is 0 Å². The molecule has 0 fully saturated rings. The minimum atomic E-state index is 0. The van der Waals surface area contributed by atoms with E-state index < -0.39 is 0 Å². The van der Waals surface area contributed by atoms with Crippen LogP contribution in [0.3, 0.4) is 0 Å².